The quantitative estimate of drug-likeness (QED) is 0.157. The minimum atomic E-state index is -2.96. The van der Waals surface area contributed by atoms with Crippen LogP contribution in [0.2, 0.25) is 0 Å². The normalized spacial score (nSPS) is 13.2. The molecule has 0 aliphatic rings. The fraction of sp³-hybridized carbons (Fsp3) is 0.684. The number of benzene rings is 1. The molecule has 0 amide bonds. The molecule has 0 aromatic heterocycles. The van der Waals surface area contributed by atoms with Gasteiger partial charge in [-0.15, -0.1) is 0 Å². The van der Waals surface area contributed by atoms with E-state index < -0.39 is 53.0 Å². The Morgan fingerprint density at radius 2 is 1.11 bits per heavy atom. The molecule has 0 radical (unpaired) electrons. The zero-order chi connectivity index (χ0) is 20.6. The van der Waals surface area contributed by atoms with E-state index in [1.54, 1.807) is 0 Å². The van der Waals surface area contributed by atoms with Crippen molar-refractivity contribution in [2.24, 2.45) is 5.92 Å². The molecule has 3 N–H and O–H groups in total. The lowest BCUT2D eigenvalue weighted by atomic mass is 9.91. The first-order valence-corrected chi connectivity index (χ1v) is 9.28. The average Bonchev–Trinajstić information content (AvgIpc) is 2.61. The van der Waals surface area contributed by atoms with Crippen LogP contribution in [-0.4, -0.2) is 21.3 Å². The van der Waals surface area contributed by atoms with Crippen LogP contribution in [0.1, 0.15) is 70.3 Å². The second kappa shape index (κ2) is 10.9. The van der Waals surface area contributed by atoms with Crippen LogP contribution in [0, 0.1) is 35.0 Å². The van der Waals surface area contributed by atoms with Gasteiger partial charge in [0.05, 0.1) is 0 Å². The van der Waals surface area contributed by atoms with Crippen molar-refractivity contribution in [2.45, 2.75) is 77.1 Å². The highest BCUT2D eigenvalue weighted by molar-refractivity contribution is 5.24. The highest BCUT2D eigenvalue weighted by Crippen LogP contribution is 2.28. The molecule has 0 aliphatic heterocycles. The second-order valence-corrected chi connectivity index (χ2v) is 6.88. The van der Waals surface area contributed by atoms with Crippen molar-refractivity contribution in [2.75, 3.05) is 0 Å². The summed E-state index contributed by atoms with van der Waals surface area (Å²) in [6.45, 7) is 2.08. The SMILES string of the molecule is CCCCCCCCC(CCCc1c(F)c(F)c(F)c(F)c1F)C(O)(O)O. The van der Waals surface area contributed by atoms with E-state index >= 15 is 0 Å². The molecule has 0 saturated heterocycles. The van der Waals surface area contributed by atoms with Gasteiger partial charge in [-0.25, -0.2) is 22.0 Å². The molecule has 3 nitrogen and oxygen atoms in total. The van der Waals surface area contributed by atoms with Crippen molar-refractivity contribution in [3.8, 4) is 0 Å². The summed E-state index contributed by atoms with van der Waals surface area (Å²) < 4.78 is 66.7. The van der Waals surface area contributed by atoms with Crippen LogP contribution in [0.3, 0.4) is 0 Å². The van der Waals surface area contributed by atoms with Gasteiger partial charge in [0.15, 0.2) is 23.3 Å². The van der Waals surface area contributed by atoms with Gasteiger partial charge >= 0.3 is 0 Å². The molecule has 0 spiro atoms. The van der Waals surface area contributed by atoms with E-state index in [2.05, 4.69) is 6.92 Å². The van der Waals surface area contributed by atoms with Crippen molar-refractivity contribution in [3.05, 3.63) is 34.6 Å². The molecule has 1 aromatic rings. The van der Waals surface area contributed by atoms with Crippen LogP contribution < -0.4 is 0 Å². The standard InChI is InChI=1S/C19H27F5O3/c1-2-3-4-5-6-7-9-12(19(25,26)27)10-8-11-13-14(20)16(22)18(24)17(23)15(13)21/h12,25-27H,2-11H2,1H3. The molecule has 1 rings (SSSR count). The summed E-state index contributed by atoms with van der Waals surface area (Å²) in [7, 11) is 0. The predicted molar refractivity (Wildman–Crippen MR) is 90.0 cm³/mol. The van der Waals surface area contributed by atoms with Crippen molar-refractivity contribution in [3.63, 3.8) is 0 Å². The summed E-state index contributed by atoms with van der Waals surface area (Å²) in [5.74, 6) is -13.9. The van der Waals surface area contributed by atoms with Gasteiger partial charge in [-0.3, -0.25) is 0 Å². The summed E-state index contributed by atoms with van der Waals surface area (Å²) >= 11 is 0. The van der Waals surface area contributed by atoms with Gasteiger partial charge in [-0.2, -0.15) is 0 Å². The van der Waals surface area contributed by atoms with Crippen LogP contribution in [-0.2, 0) is 6.42 Å². The third-order valence-corrected chi connectivity index (χ3v) is 4.73. The van der Waals surface area contributed by atoms with E-state index in [4.69, 9.17) is 0 Å². The first-order chi connectivity index (χ1) is 12.6. The lowest BCUT2D eigenvalue weighted by Crippen LogP contribution is -2.37. The monoisotopic (exact) mass is 398 g/mol. The van der Waals surface area contributed by atoms with Crippen molar-refractivity contribution >= 4 is 0 Å². The topological polar surface area (TPSA) is 60.7 Å². The van der Waals surface area contributed by atoms with Crippen LogP contribution in [0.4, 0.5) is 22.0 Å². The van der Waals surface area contributed by atoms with Gasteiger partial charge in [0, 0.05) is 11.5 Å². The molecule has 0 heterocycles. The minimum absolute atomic E-state index is 0.0437. The van der Waals surface area contributed by atoms with E-state index in [9.17, 15) is 37.3 Å². The van der Waals surface area contributed by atoms with Gasteiger partial charge in [0.2, 0.25) is 5.82 Å². The molecule has 1 unspecified atom stereocenters. The number of hydrogen-bond acceptors (Lipinski definition) is 3. The molecule has 27 heavy (non-hydrogen) atoms. The molecular weight excluding hydrogens is 371 g/mol. The first kappa shape index (κ1) is 23.8. The largest absolute Gasteiger partial charge is 0.343 e. The predicted octanol–water partition coefficient (Wildman–Crippen LogP) is 4.70. The maximum absolute atomic E-state index is 13.6. The van der Waals surface area contributed by atoms with E-state index in [0.29, 0.717) is 6.42 Å². The van der Waals surface area contributed by atoms with Crippen LogP contribution in [0.25, 0.3) is 0 Å². The number of hydrogen-bond donors (Lipinski definition) is 3. The summed E-state index contributed by atoms with van der Waals surface area (Å²) in [6, 6.07) is 0. The van der Waals surface area contributed by atoms with E-state index in [-0.39, 0.29) is 19.3 Å². The zero-order valence-electron chi connectivity index (χ0n) is 15.4. The summed E-state index contributed by atoms with van der Waals surface area (Å²) in [5, 5.41) is 28.3. The lowest BCUT2D eigenvalue weighted by Gasteiger charge is -2.26. The zero-order valence-corrected chi connectivity index (χ0v) is 15.4. The molecule has 1 atom stereocenters. The highest BCUT2D eigenvalue weighted by Gasteiger charge is 2.32. The minimum Gasteiger partial charge on any atom is -0.343 e. The fourth-order valence-electron chi connectivity index (χ4n) is 3.10. The number of rotatable bonds is 12. The van der Waals surface area contributed by atoms with Crippen LogP contribution in [0.5, 0.6) is 0 Å². The van der Waals surface area contributed by atoms with E-state index in [0.717, 1.165) is 32.1 Å². The van der Waals surface area contributed by atoms with E-state index in [1.165, 1.54) is 0 Å². The third kappa shape index (κ3) is 7.01. The first-order valence-electron chi connectivity index (χ1n) is 9.28. The number of aliphatic hydroxyl groups is 3. The molecule has 8 heteroatoms. The van der Waals surface area contributed by atoms with Crippen LogP contribution in [0.15, 0.2) is 0 Å². The summed E-state index contributed by atoms with van der Waals surface area (Å²) in [5.41, 5.74) is -0.941. The maximum Gasteiger partial charge on any atom is 0.278 e. The number of halogens is 5. The Bertz CT molecular complexity index is 573. The van der Waals surface area contributed by atoms with E-state index in [1.807, 2.05) is 0 Å². The molecular formula is C19H27F5O3. The summed E-state index contributed by atoms with van der Waals surface area (Å²) in [4.78, 5) is 0. The Hall–Kier alpha value is -1.25. The van der Waals surface area contributed by atoms with Crippen molar-refractivity contribution in [1.82, 2.24) is 0 Å². The summed E-state index contributed by atoms with van der Waals surface area (Å²) in [6.07, 6.45) is 5.36. The Labute approximate surface area is 155 Å². The van der Waals surface area contributed by atoms with Crippen LogP contribution >= 0.6 is 0 Å². The third-order valence-electron chi connectivity index (χ3n) is 4.73. The lowest BCUT2D eigenvalue weighted by molar-refractivity contribution is -0.344. The van der Waals surface area contributed by atoms with Crippen molar-refractivity contribution in [1.29, 1.82) is 0 Å². The molecule has 0 saturated carbocycles. The van der Waals surface area contributed by atoms with Gasteiger partial charge in [0.1, 0.15) is 0 Å². The molecule has 1 aromatic carbocycles. The van der Waals surface area contributed by atoms with Gasteiger partial charge in [-0.1, -0.05) is 45.4 Å². The van der Waals surface area contributed by atoms with Gasteiger partial charge in [0.25, 0.3) is 5.97 Å². The Morgan fingerprint density at radius 1 is 0.667 bits per heavy atom. The number of unbranched alkanes of at least 4 members (excludes halogenated alkanes) is 5. The highest BCUT2D eigenvalue weighted by atomic mass is 19.2. The average molecular weight is 398 g/mol. The maximum atomic E-state index is 13.6. The van der Waals surface area contributed by atoms with Crippen molar-refractivity contribution < 1.29 is 37.3 Å². The smallest absolute Gasteiger partial charge is 0.278 e. The molecule has 0 aliphatic carbocycles. The second-order valence-electron chi connectivity index (χ2n) is 6.88. The fourth-order valence-corrected chi connectivity index (χ4v) is 3.10. The molecule has 0 fully saturated rings. The Kier molecular flexibility index (Phi) is 9.62. The molecule has 156 valence electrons. The van der Waals surface area contributed by atoms with Gasteiger partial charge in [-0.05, 0) is 25.7 Å². The van der Waals surface area contributed by atoms with Gasteiger partial charge < -0.3 is 15.3 Å². The Morgan fingerprint density at radius 3 is 1.63 bits per heavy atom. The molecule has 0 bridgehead atoms. The Balaban J connectivity index is 2.62.